The van der Waals surface area contributed by atoms with E-state index in [1.807, 2.05) is 0 Å². The topological polar surface area (TPSA) is 88.8 Å². The van der Waals surface area contributed by atoms with Gasteiger partial charge in [-0.05, 0) is 24.3 Å². The zero-order valence-corrected chi connectivity index (χ0v) is 10.1. The molecule has 2 aromatic heterocycles. The summed E-state index contributed by atoms with van der Waals surface area (Å²) in [6.07, 6.45) is -2.97. The number of hydrogen-bond acceptors (Lipinski definition) is 6. The summed E-state index contributed by atoms with van der Waals surface area (Å²) in [7, 11) is 0. The number of nitrogens with two attached hydrogens (primary N) is 1. The molecule has 0 aromatic carbocycles. The van der Waals surface area contributed by atoms with Crippen LogP contribution in [0.15, 0.2) is 30.5 Å². The zero-order chi connectivity index (χ0) is 14.6. The molecule has 0 aliphatic carbocycles. The molecule has 20 heavy (non-hydrogen) atoms. The van der Waals surface area contributed by atoms with Crippen LogP contribution in [0.3, 0.4) is 0 Å². The summed E-state index contributed by atoms with van der Waals surface area (Å²) in [5.41, 5.74) is 1.83. The van der Waals surface area contributed by atoms with Crippen LogP contribution in [0.5, 0.6) is 0 Å². The molecule has 0 aliphatic rings. The molecule has 2 heterocycles. The van der Waals surface area contributed by atoms with Gasteiger partial charge in [0.15, 0.2) is 0 Å². The molecule has 2 rings (SSSR count). The smallest absolute Gasteiger partial charge is 0.364 e. The van der Waals surface area contributed by atoms with Gasteiger partial charge in [-0.25, -0.2) is 10.8 Å². The Morgan fingerprint density at radius 3 is 2.55 bits per heavy atom. The van der Waals surface area contributed by atoms with Crippen LogP contribution in [0.2, 0.25) is 0 Å². The lowest BCUT2D eigenvalue weighted by molar-refractivity contribution is -0.137. The molecular weight excluding hydrogens is 273 g/mol. The number of alkyl halides is 3. The lowest BCUT2D eigenvalue weighted by Gasteiger charge is -2.12. The Hall–Kier alpha value is -2.42. The number of anilines is 2. The van der Waals surface area contributed by atoms with E-state index in [-0.39, 0.29) is 18.2 Å². The fraction of sp³-hybridized carbons (Fsp3) is 0.182. The first-order chi connectivity index (χ1) is 9.49. The highest BCUT2D eigenvalue weighted by Crippen LogP contribution is 2.31. The van der Waals surface area contributed by atoms with Crippen LogP contribution in [0.25, 0.3) is 0 Å². The molecule has 0 amide bonds. The van der Waals surface area contributed by atoms with E-state index in [4.69, 9.17) is 5.84 Å². The Kier molecular flexibility index (Phi) is 3.99. The summed E-state index contributed by atoms with van der Waals surface area (Å²) < 4.78 is 38.1. The third-order valence-electron chi connectivity index (χ3n) is 2.38. The van der Waals surface area contributed by atoms with Crippen molar-refractivity contribution in [2.45, 2.75) is 12.7 Å². The average molecular weight is 284 g/mol. The van der Waals surface area contributed by atoms with E-state index in [0.717, 1.165) is 12.1 Å². The summed E-state index contributed by atoms with van der Waals surface area (Å²) in [5.74, 6) is 5.07. The summed E-state index contributed by atoms with van der Waals surface area (Å²) in [4.78, 5) is 3.89. The average Bonchev–Trinajstić information content (AvgIpc) is 2.45. The number of hydrogen-bond donors (Lipinski definition) is 3. The second-order valence-corrected chi connectivity index (χ2v) is 3.84. The largest absolute Gasteiger partial charge is 0.416 e. The van der Waals surface area contributed by atoms with Crippen molar-refractivity contribution in [2.75, 3.05) is 10.7 Å². The number of rotatable bonds is 4. The zero-order valence-electron chi connectivity index (χ0n) is 10.1. The van der Waals surface area contributed by atoms with Gasteiger partial charge in [-0.3, -0.25) is 0 Å². The number of nitrogens with zero attached hydrogens (tertiary/aromatic N) is 3. The Bertz CT molecular complexity index is 572. The Labute approximate surface area is 112 Å². The summed E-state index contributed by atoms with van der Waals surface area (Å²) in [6.45, 7) is 0.201. The van der Waals surface area contributed by atoms with E-state index in [2.05, 4.69) is 25.9 Å². The van der Waals surface area contributed by atoms with Crippen LogP contribution in [-0.4, -0.2) is 15.2 Å². The fourth-order valence-corrected chi connectivity index (χ4v) is 1.47. The molecule has 0 atom stereocenters. The predicted octanol–water partition coefficient (Wildman–Crippen LogP) is 1.79. The lowest BCUT2D eigenvalue weighted by Crippen LogP contribution is -2.14. The maximum absolute atomic E-state index is 12.7. The van der Waals surface area contributed by atoms with Gasteiger partial charge in [-0.1, -0.05) is 0 Å². The quantitative estimate of drug-likeness (QED) is 0.586. The molecule has 0 radical (unpaired) electrons. The van der Waals surface area contributed by atoms with Crippen molar-refractivity contribution < 1.29 is 13.2 Å². The minimum atomic E-state index is -4.47. The minimum Gasteiger partial charge on any atom is -0.364 e. The number of aromatic nitrogens is 3. The molecule has 9 heteroatoms. The molecule has 0 aliphatic heterocycles. The van der Waals surface area contributed by atoms with E-state index >= 15 is 0 Å². The van der Waals surface area contributed by atoms with Crippen LogP contribution in [-0.2, 0) is 12.7 Å². The summed E-state index contributed by atoms with van der Waals surface area (Å²) >= 11 is 0. The number of pyridine rings is 1. The molecule has 106 valence electrons. The van der Waals surface area contributed by atoms with Crippen molar-refractivity contribution in [3.63, 3.8) is 0 Å². The second kappa shape index (κ2) is 5.70. The number of halogens is 3. The Balaban J connectivity index is 2.19. The predicted molar refractivity (Wildman–Crippen MR) is 66.4 cm³/mol. The third-order valence-corrected chi connectivity index (χ3v) is 2.38. The van der Waals surface area contributed by atoms with E-state index in [1.54, 1.807) is 12.1 Å². The fourth-order valence-electron chi connectivity index (χ4n) is 1.47. The van der Waals surface area contributed by atoms with E-state index in [9.17, 15) is 13.2 Å². The Morgan fingerprint density at radius 2 is 1.95 bits per heavy atom. The van der Waals surface area contributed by atoms with E-state index < -0.39 is 11.7 Å². The van der Waals surface area contributed by atoms with Gasteiger partial charge >= 0.3 is 6.18 Å². The van der Waals surface area contributed by atoms with Crippen molar-refractivity contribution in [3.05, 3.63) is 41.7 Å². The van der Waals surface area contributed by atoms with Gasteiger partial charge < -0.3 is 10.7 Å². The summed E-state index contributed by atoms with van der Waals surface area (Å²) in [6, 6.07) is 5.09. The van der Waals surface area contributed by atoms with Crippen molar-refractivity contribution in [2.24, 2.45) is 5.84 Å². The van der Waals surface area contributed by atoms with Gasteiger partial charge in [0.2, 0.25) is 0 Å². The van der Waals surface area contributed by atoms with Crippen LogP contribution < -0.4 is 16.6 Å². The molecule has 0 unspecified atom stereocenters. The van der Waals surface area contributed by atoms with Crippen molar-refractivity contribution >= 4 is 11.6 Å². The first kappa shape index (κ1) is 14.0. The number of nitrogens with one attached hydrogen (secondary N) is 2. The molecule has 0 bridgehead atoms. The standard InChI is InChI=1S/C11H11F3N6/c12-11(13,14)7-4-9(18-10(5-7)19-15)16-6-8-2-1-3-17-20-8/h1-5H,6,15H2,(H2,16,18,19). The number of hydrazine groups is 1. The van der Waals surface area contributed by atoms with Crippen LogP contribution in [0, 0.1) is 0 Å². The molecule has 4 N–H and O–H groups in total. The van der Waals surface area contributed by atoms with Crippen molar-refractivity contribution in [1.29, 1.82) is 0 Å². The molecule has 0 saturated heterocycles. The van der Waals surface area contributed by atoms with Crippen molar-refractivity contribution in [3.8, 4) is 0 Å². The van der Waals surface area contributed by atoms with E-state index in [1.165, 1.54) is 6.20 Å². The molecule has 0 spiro atoms. The van der Waals surface area contributed by atoms with Gasteiger partial charge in [0.1, 0.15) is 11.6 Å². The maximum atomic E-state index is 12.7. The molecule has 2 aromatic rings. The van der Waals surface area contributed by atoms with Crippen molar-refractivity contribution in [1.82, 2.24) is 15.2 Å². The highest BCUT2D eigenvalue weighted by Gasteiger charge is 2.31. The van der Waals surface area contributed by atoms with Crippen LogP contribution in [0.4, 0.5) is 24.8 Å². The van der Waals surface area contributed by atoms with Gasteiger partial charge in [-0.15, -0.1) is 0 Å². The van der Waals surface area contributed by atoms with Crippen LogP contribution >= 0.6 is 0 Å². The molecule has 0 fully saturated rings. The van der Waals surface area contributed by atoms with Gasteiger partial charge in [-0.2, -0.15) is 23.4 Å². The highest BCUT2D eigenvalue weighted by molar-refractivity contribution is 5.49. The lowest BCUT2D eigenvalue weighted by atomic mass is 10.2. The van der Waals surface area contributed by atoms with Gasteiger partial charge in [0, 0.05) is 6.20 Å². The SMILES string of the molecule is NNc1cc(C(F)(F)F)cc(NCc2cccnn2)n1. The van der Waals surface area contributed by atoms with E-state index in [0.29, 0.717) is 5.69 Å². The Morgan fingerprint density at radius 1 is 1.20 bits per heavy atom. The first-order valence-corrected chi connectivity index (χ1v) is 5.55. The second-order valence-electron chi connectivity index (χ2n) is 3.84. The maximum Gasteiger partial charge on any atom is 0.416 e. The van der Waals surface area contributed by atoms with Crippen LogP contribution in [0.1, 0.15) is 11.3 Å². The molecule has 0 saturated carbocycles. The monoisotopic (exact) mass is 284 g/mol. The third kappa shape index (κ3) is 3.54. The van der Waals surface area contributed by atoms with Gasteiger partial charge in [0.25, 0.3) is 0 Å². The number of nitrogen functional groups attached to an aromatic ring is 1. The highest BCUT2D eigenvalue weighted by atomic mass is 19.4. The molecule has 6 nitrogen and oxygen atoms in total. The van der Waals surface area contributed by atoms with Gasteiger partial charge in [0.05, 0.1) is 17.8 Å². The summed E-state index contributed by atoms with van der Waals surface area (Å²) in [5, 5.41) is 10.2. The normalized spacial score (nSPS) is 11.2. The minimum absolute atomic E-state index is 0.0402. The first-order valence-electron chi connectivity index (χ1n) is 5.55. The molecular formula is C11H11F3N6.